The number of hydrogen-bond donors (Lipinski definition) is 2. The summed E-state index contributed by atoms with van der Waals surface area (Å²) in [7, 11) is 0. The number of nitrogens with one attached hydrogen (secondary N) is 1. The van der Waals surface area contributed by atoms with Crippen molar-refractivity contribution < 1.29 is 9.53 Å². The van der Waals surface area contributed by atoms with Crippen molar-refractivity contribution in [3.05, 3.63) is 94.5 Å². The maximum atomic E-state index is 13.2. The maximum absolute atomic E-state index is 13.2. The van der Waals surface area contributed by atoms with E-state index in [1.165, 1.54) is 11.1 Å². The molecule has 0 saturated carbocycles. The molecule has 6 nitrogen and oxygen atoms in total. The standard InChI is InChI=1S/C28H33ClN4O2/c1-2-35-27-16-26(30)25(29)15-24(27)28(34)31-17-23-20-32(18-21-9-5-3-6-10-21)13-14-33(23)19-22-11-7-4-8-12-22/h3-12,15-16,23H,2,13-14,17-20,30H2,1H3,(H,31,34). The first-order valence-electron chi connectivity index (χ1n) is 12.1. The number of anilines is 1. The van der Waals surface area contributed by atoms with Gasteiger partial charge in [-0.1, -0.05) is 72.3 Å². The molecular weight excluding hydrogens is 460 g/mol. The van der Waals surface area contributed by atoms with Crippen LogP contribution in [-0.2, 0) is 13.1 Å². The second-order valence-electron chi connectivity index (χ2n) is 8.84. The minimum Gasteiger partial charge on any atom is -0.493 e. The molecule has 184 valence electrons. The van der Waals surface area contributed by atoms with Crippen molar-refractivity contribution in [3.63, 3.8) is 0 Å². The zero-order chi connectivity index (χ0) is 24.6. The Morgan fingerprint density at radius 3 is 2.34 bits per heavy atom. The molecule has 1 aliphatic rings. The van der Waals surface area contributed by atoms with Crippen LogP contribution in [0.2, 0.25) is 5.02 Å². The van der Waals surface area contributed by atoms with Crippen LogP contribution in [0.15, 0.2) is 72.8 Å². The predicted molar refractivity (Wildman–Crippen MR) is 142 cm³/mol. The average molecular weight is 493 g/mol. The summed E-state index contributed by atoms with van der Waals surface area (Å²) in [4.78, 5) is 18.1. The van der Waals surface area contributed by atoms with Crippen molar-refractivity contribution in [2.75, 3.05) is 38.5 Å². The molecule has 7 heteroatoms. The van der Waals surface area contributed by atoms with Crippen molar-refractivity contribution >= 4 is 23.2 Å². The van der Waals surface area contributed by atoms with Crippen molar-refractivity contribution in [1.29, 1.82) is 0 Å². The highest BCUT2D eigenvalue weighted by atomic mass is 35.5. The number of rotatable bonds is 9. The van der Waals surface area contributed by atoms with Gasteiger partial charge in [-0.2, -0.15) is 0 Å². The van der Waals surface area contributed by atoms with Crippen molar-refractivity contribution in [2.45, 2.75) is 26.1 Å². The molecule has 0 aromatic heterocycles. The van der Waals surface area contributed by atoms with E-state index in [-0.39, 0.29) is 11.9 Å². The van der Waals surface area contributed by atoms with Crippen LogP contribution in [0.3, 0.4) is 0 Å². The van der Waals surface area contributed by atoms with Crippen LogP contribution < -0.4 is 15.8 Å². The second-order valence-corrected chi connectivity index (χ2v) is 9.25. The number of nitrogen functional groups attached to an aromatic ring is 1. The van der Waals surface area contributed by atoms with Crippen LogP contribution in [0.1, 0.15) is 28.4 Å². The van der Waals surface area contributed by atoms with Gasteiger partial charge in [0.15, 0.2) is 0 Å². The minimum absolute atomic E-state index is 0.163. The fourth-order valence-electron chi connectivity index (χ4n) is 4.49. The van der Waals surface area contributed by atoms with Gasteiger partial charge in [-0.05, 0) is 24.1 Å². The van der Waals surface area contributed by atoms with E-state index in [2.05, 4.69) is 63.6 Å². The molecule has 1 atom stereocenters. The first-order chi connectivity index (χ1) is 17.0. The molecule has 35 heavy (non-hydrogen) atoms. The molecule has 1 unspecified atom stereocenters. The Hall–Kier alpha value is -3.06. The highest BCUT2D eigenvalue weighted by Crippen LogP contribution is 2.29. The van der Waals surface area contributed by atoms with Gasteiger partial charge in [0.1, 0.15) is 5.75 Å². The molecule has 1 aliphatic heterocycles. The largest absolute Gasteiger partial charge is 0.493 e. The Morgan fingerprint density at radius 2 is 1.69 bits per heavy atom. The molecule has 3 aromatic carbocycles. The van der Waals surface area contributed by atoms with E-state index < -0.39 is 0 Å². The van der Waals surface area contributed by atoms with Crippen LogP contribution in [0, 0.1) is 0 Å². The lowest BCUT2D eigenvalue weighted by Crippen LogP contribution is -2.56. The van der Waals surface area contributed by atoms with Gasteiger partial charge in [-0.3, -0.25) is 14.6 Å². The van der Waals surface area contributed by atoms with Gasteiger partial charge in [-0.25, -0.2) is 0 Å². The molecule has 3 N–H and O–H groups in total. The smallest absolute Gasteiger partial charge is 0.255 e. The Kier molecular flexibility index (Phi) is 8.64. The third-order valence-corrected chi connectivity index (χ3v) is 6.64. The number of ether oxygens (including phenoxy) is 1. The third-order valence-electron chi connectivity index (χ3n) is 6.31. The summed E-state index contributed by atoms with van der Waals surface area (Å²) in [5, 5.41) is 3.47. The summed E-state index contributed by atoms with van der Waals surface area (Å²) in [6.07, 6.45) is 0. The number of amides is 1. The topological polar surface area (TPSA) is 70.8 Å². The van der Waals surface area contributed by atoms with Gasteiger partial charge in [0, 0.05) is 51.4 Å². The fourth-order valence-corrected chi connectivity index (χ4v) is 4.65. The first-order valence-corrected chi connectivity index (χ1v) is 12.5. The molecular formula is C28H33ClN4O2. The number of nitrogens with two attached hydrogens (primary N) is 1. The number of carbonyl (C=O) groups is 1. The molecule has 0 spiro atoms. The van der Waals surface area contributed by atoms with Gasteiger partial charge >= 0.3 is 0 Å². The number of carbonyl (C=O) groups excluding carboxylic acids is 1. The van der Waals surface area contributed by atoms with Crippen molar-refractivity contribution in [1.82, 2.24) is 15.1 Å². The first kappa shape index (κ1) is 25.0. The fraction of sp³-hybridized carbons (Fsp3) is 0.321. The molecule has 0 radical (unpaired) electrons. The normalized spacial score (nSPS) is 16.7. The Balaban J connectivity index is 1.47. The lowest BCUT2D eigenvalue weighted by Gasteiger charge is -2.41. The van der Waals surface area contributed by atoms with Gasteiger partial charge in [-0.15, -0.1) is 0 Å². The summed E-state index contributed by atoms with van der Waals surface area (Å²) < 4.78 is 5.65. The van der Waals surface area contributed by atoms with E-state index in [0.717, 1.165) is 32.7 Å². The van der Waals surface area contributed by atoms with Crippen molar-refractivity contribution in [3.8, 4) is 5.75 Å². The van der Waals surface area contributed by atoms with Crippen LogP contribution in [0.5, 0.6) is 5.75 Å². The molecule has 1 amide bonds. The molecule has 1 heterocycles. The highest BCUT2D eigenvalue weighted by molar-refractivity contribution is 6.33. The monoisotopic (exact) mass is 492 g/mol. The van der Waals surface area contributed by atoms with Gasteiger partial charge in [0.05, 0.1) is 22.9 Å². The molecule has 4 rings (SSSR count). The molecule has 1 fully saturated rings. The summed E-state index contributed by atoms with van der Waals surface area (Å²) in [6, 6.07) is 24.3. The quantitative estimate of drug-likeness (QED) is 0.432. The van der Waals surface area contributed by atoms with E-state index in [9.17, 15) is 4.79 Å². The molecule has 3 aromatic rings. The summed E-state index contributed by atoms with van der Waals surface area (Å²) in [5.41, 5.74) is 9.28. The molecule has 1 saturated heterocycles. The van der Waals surface area contributed by atoms with Gasteiger partial charge in [0.25, 0.3) is 5.91 Å². The lowest BCUT2D eigenvalue weighted by atomic mass is 10.1. The molecule has 0 aliphatic carbocycles. The second kappa shape index (κ2) is 12.1. The van der Waals surface area contributed by atoms with Gasteiger partial charge < -0.3 is 15.8 Å². The number of halogens is 1. The zero-order valence-electron chi connectivity index (χ0n) is 20.1. The average Bonchev–Trinajstić information content (AvgIpc) is 2.87. The number of nitrogens with zero attached hydrogens (tertiary/aromatic N) is 2. The number of hydrogen-bond acceptors (Lipinski definition) is 5. The van der Waals surface area contributed by atoms with E-state index >= 15 is 0 Å². The van der Waals surface area contributed by atoms with Gasteiger partial charge in [0.2, 0.25) is 0 Å². The summed E-state index contributed by atoms with van der Waals surface area (Å²) >= 11 is 6.21. The Labute approximate surface area is 212 Å². The third kappa shape index (κ3) is 6.75. The number of piperazine rings is 1. The Bertz CT molecular complexity index is 1110. The predicted octanol–water partition coefficient (Wildman–Crippen LogP) is 4.44. The van der Waals surface area contributed by atoms with E-state index in [1.807, 2.05) is 19.1 Å². The molecule has 0 bridgehead atoms. The Morgan fingerprint density at radius 1 is 1.03 bits per heavy atom. The van der Waals surface area contributed by atoms with Crippen LogP contribution in [0.25, 0.3) is 0 Å². The highest BCUT2D eigenvalue weighted by Gasteiger charge is 2.28. The zero-order valence-corrected chi connectivity index (χ0v) is 20.9. The van der Waals surface area contributed by atoms with Crippen LogP contribution >= 0.6 is 11.6 Å². The SMILES string of the molecule is CCOc1cc(N)c(Cl)cc1C(=O)NCC1CN(Cc2ccccc2)CCN1Cc1ccccc1. The summed E-state index contributed by atoms with van der Waals surface area (Å²) in [6.45, 7) is 7.34. The van der Waals surface area contributed by atoms with Crippen LogP contribution in [-0.4, -0.2) is 54.5 Å². The van der Waals surface area contributed by atoms with Crippen molar-refractivity contribution in [2.24, 2.45) is 0 Å². The van der Waals surface area contributed by atoms with Crippen LogP contribution in [0.4, 0.5) is 5.69 Å². The lowest BCUT2D eigenvalue weighted by molar-refractivity contribution is 0.0609. The van der Waals surface area contributed by atoms with E-state index in [1.54, 1.807) is 12.1 Å². The van der Waals surface area contributed by atoms with E-state index in [4.69, 9.17) is 22.1 Å². The maximum Gasteiger partial charge on any atom is 0.255 e. The van der Waals surface area contributed by atoms with E-state index in [0.29, 0.717) is 35.2 Å². The number of benzene rings is 3. The summed E-state index contributed by atoms with van der Waals surface area (Å²) in [5.74, 6) is 0.234. The minimum atomic E-state index is -0.213.